The summed E-state index contributed by atoms with van der Waals surface area (Å²) in [6.07, 6.45) is -1.78. The van der Waals surface area contributed by atoms with Gasteiger partial charge in [-0.15, -0.1) is 13.2 Å². The van der Waals surface area contributed by atoms with E-state index in [1.54, 1.807) is 12.1 Å². The molecule has 1 atom stereocenters. The summed E-state index contributed by atoms with van der Waals surface area (Å²) < 4.78 is 40.2. The van der Waals surface area contributed by atoms with E-state index in [2.05, 4.69) is 9.64 Å². The Kier molecular flexibility index (Phi) is 5.87. The average Bonchev–Trinajstić information content (AvgIpc) is 2.46. The number of likely N-dealkylation sites (tertiary alicyclic amines) is 1. The van der Waals surface area contributed by atoms with E-state index in [0.29, 0.717) is 18.9 Å². The lowest BCUT2D eigenvalue weighted by atomic mass is 9.93. The van der Waals surface area contributed by atoms with Gasteiger partial charge in [0.1, 0.15) is 5.75 Å². The number of carboxylic acid groups (broad SMARTS) is 1. The van der Waals surface area contributed by atoms with Gasteiger partial charge in [0.2, 0.25) is 0 Å². The molecule has 1 aromatic rings. The highest BCUT2D eigenvalue weighted by atomic mass is 19.4. The third kappa shape index (κ3) is 6.48. The van der Waals surface area contributed by atoms with Gasteiger partial charge in [-0.25, -0.2) is 0 Å². The fraction of sp³-hybridized carbons (Fsp3) is 0.562. The average molecular weight is 331 g/mol. The lowest BCUT2D eigenvalue weighted by molar-refractivity contribution is -0.274. The minimum Gasteiger partial charge on any atom is -0.481 e. The van der Waals surface area contributed by atoms with Crippen LogP contribution in [-0.2, 0) is 11.3 Å². The first-order chi connectivity index (χ1) is 10.8. The molecule has 1 aliphatic rings. The first-order valence-corrected chi connectivity index (χ1v) is 7.60. The second kappa shape index (κ2) is 7.68. The summed E-state index contributed by atoms with van der Waals surface area (Å²) in [5, 5.41) is 8.75. The molecular formula is C16H20F3NO3. The van der Waals surface area contributed by atoms with E-state index < -0.39 is 12.3 Å². The van der Waals surface area contributed by atoms with Crippen molar-refractivity contribution in [1.29, 1.82) is 0 Å². The number of ether oxygens (including phenoxy) is 1. The molecule has 23 heavy (non-hydrogen) atoms. The Hall–Kier alpha value is -1.76. The largest absolute Gasteiger partial charge is 0.573 e. The zero-order chi connectivity index (χ0) is 16.9. The molecule has 0 aromatic heterocycles. The normalized spacial score (nSPS) is 19.5. The van der Waals surface area contributed by atoms with Crippen molar-refractivity contribution in [3.8, 4) is 5.75 Å². The Balaban J connectivity index is 1.85. The van der Waals surface area contributed by atoms with E-state index in [-0.39, 0.29) is 12.2 Å². The topological polar surface area (TPSA) is 49.8 Å². The molecule has 1 aromatic carbocycles. The number of hydrogen-bond donors (Lipinski definition) is 1. The van der Waals surface area contributed by atoms with Gasteiger partial charge in [-0.05, 0) is 49.4 Å². The molecule has 0 radical (unpaired) electrons. The van der Waals surface area contributed by atoms with Crippen LogP contribution in [0.15, 0.2) is 24.3 Å². The predicted octanol–water partition coefficient (Wildman–Crippen LogP) is 3.66. The summed E-state index contributed by atoms with van der Waals surface area (Å²) in [6.45, 7) is 2.40. The van der Waals surface area contributed by atoms with Crippen LogP contribution in [0.2, 0.25) is 0 Å². The van der Waals surface area contributed by atoms with Gasteiger partial charge < -0.3 is 9.84 Å². The molecular weight excluding hydrogens is 311 g/mol. The number of benzene rings is 1. The summed E-state index contributed by atoms with van der Waals surface area (Å²) in [6, 6.07) is 5.88. The smallest absolute Gasteiger partial charge is 0.481 e. The molecule has 1 saturated heterocycles. The fourth-order valence-electron chi connectivity index (χ4n) is 2.91. The second-order valence-corrected chi connectivity index (χ2v) is 5.87. The van der Waals surface area contributed by atoms with Crippen LogP contribution in [0.3, 0.4) is 0 Å². The zero-order valence-corrected chi connectivity index (χ0v) is 12.7. The molecule has 1 unspecified atom stereocenters. The van der Waals surface area contributed by atoms with Gasteiger partial charge in [0.05, 0.1) is 0 Å². The van der Waals surface area contributed by atoms with E-state index >= 15 is 0 Å². The first kappa shape index (κ1) is 17.6. The molecule has 2 rings (SSSR count). The summed E-state index contributed by atoms with van der Waals surface area (Å²) in [5.41, 5.74) is 0.915. The number of rotatable bonds is 6. The summed E-state index contributed by atoms with van der Waals surface area (Å²) in [5.74, 6) is -0.630. The molecule has 0 aliphatic carbocycles. The number of piperidine rings is 1. The number of hydrogen-bond acceptors (Lipinski definition) is 3. The Morgan fingerprint density at radius 2 is 2.00 bits per heavy atom. The molecule has 1 fully saturated rings. The minimum atomic E-state index is -4.67. The first-order valence-electron chi connectivity index (χ1n) is 7.60. The Bertz CT molecular complexity index is 516. The van der Waals surface area contributed by atoms with E-state index in [4.69, 9.17) is 5.11 Å². The molecule has 0 saturated carbocycles. The zero-order valence-electron chi connectivity index (χ0n) is 12.7. The summed E-state index contributed by atoms with van der Waals surface area (Å²) >= 11 is 0. The van der Waals surface area contributed by atoms with Crippen molar-refractivity contribution in [3.63, 3.8) is 0 Å². The van der Waals surface area contributed by atoms with Crippen LogP contribution in [0.5, 0.6) is 5.75 Å². The van der Waals surface area contributed by atoms with E-state index in [1.807, 2.05) is 0 Å². The number of nitrogens with zero attached hydrogens (tertiary/aromatic N) is 1. The SMILES string of the molecule is O=C(O)CCC1CCCN(Cc2ccc(OC(F)(F)F)cc2)C1. The monoisotopic (exact) mass is 331 g/mol. The van der Waals surface area contributed by atoms with Crippen LogP contribution in [0.25, 0.3) is 0 Å². The lowest BCUT2D eigenvalue weighted by Crippen LogP contribution is -2.35. The molecule has 1 aliphatic heterocycles. The van der Waals surface area contributed by atoms with Crippen LogP contribution >= 0.6 is 0 Å². The number of alkyl halides is 3. The van der Waals surface area contributed by atoms with Crippen molar-refractivity contribution in [2.24, 2.45) is 5.92 Å². The van der Waals surface area contributed by atoms with Crippen LogP contribution < -0.4 is 4.74 Å². The molecule has 1 heterocycles. The van der Waals surface area contributed by atoms with Gasteiger partial charge >= 0.3 is 12.3 Å². The number of carbonyl (C=O) groups is 1. The van der Waals surface area contributed by atoms with Crippen molar-refractivity contribution >= 4 is 5.97 Å². The fourth-order valence-corrected chi connectivity index (χ4v) is 2.91. The molecule has 0 amide bonds. The maximum absolute atomic E-state index is 12.1. The van der Waals surface area contributed by atoms with Crippen LogP contribution in [0.1, 0.15) is 31.2 Å². The van der Waals surface area contributed by atoms with Gasteiger partial charge in [-0.1, -0.05) is 12.1 Å². The third-order valence-corrected chi connectivity index (χ3v) is 3.93. The standard InChI is InChI=1S/C16H20F3NO3/c17-16(18,19)23-14-6-3-13(4-7-14)11-20-9-1-2-12(10-20)5-8-15(21)22/h3-4,6-7,12H,1-2,5,8-11H2,(H,21,22). The van der Waals surface area contributed by atoms with E-state index in [9.17, 15) is 18.0 Å². The van der Waals surface area contributed by atoms with Gasteiger partial charge in [0.15, 0.2) is 0 Å². The molecule has 0 bridgehead atoms. The maximum atomic E-state index is 12.1. The Morgan fingerprint density at radius 1 is 1.30 bits per heavy atom. The Morgan fingerprint density at radius 3 is 2.61 bits per heavy atom. The number of aliphatic carboxylic acids is 1. The van der Waals surface area contributed by atoms with Crippen molar-refractivity contribution < 1.29 is 27.8 Å². The molecule has 128 valence electrons. The Labute approximate surface area is 132 Å². The highest BCUT2D eigenvalue weighted by Crippen LogP contribution is 2.25. The third-order valence-electron chi connectivity index (χ3n) is 3.93. The van der Waals surface area contributed by atoms with Gasteiger partial charge in [0, 0.05) is 19.5 Å². The highest BCUT2D eigenvalue weighted by Gasteiger charge is 2.31. The van der Waals surface area contributed by atoms with Crippen LogP contribution in [0.4, 0.5) is 13.2 Å². The van der Waals surface area contributed by atoms with Gasteiger partial charge in [-0.3, -0.25) is 9.69 Å². The quantitative estimate of drug-likeness (QED) is 0.864. The lowest BCUT2D eigenvalue weighted by Gasteiger charge is -2.32. The number of halogens is 3. The van der Waals surface area contributed by atoms with Crippen LogP contribution in [0, 0.1) is 5.92 Å². The maximum Gasteiger partial charge on any atom is 0.573 e. The number of carboxylic acids is 1. The highest BCUT2D eigenvalue weighted by molar-refractivity contribution is 5.66. The van der Waals surface area contributed by atoms with Crippen molar-refractivity contribution in [1.82, 2.24) is 4.90 Å². The molecule has 7 heteroatoms. The summed E-state index contributed by atoms with van der Waals surface area (Å²) in [4.78, 5) is 12.9. The summed E-state index contributed by atoms with van der Waals surface area (Å²) in [7, 11) is 0. The molecule has 1 N–H and O–H groups in total. The molecule has 4 nitrogen and oxygen atoms in total. The minimum absolute atomic E-state index is 0.183. The van der Waals surface area contributed by atoms with Crippen molar-refractivity contribution in [2.75, 3.05) is 13.1 Å². The van der Waals surface area contributed by atoms with E-state index in [1.165, 1.54) is 12.1 Å². The van der Waals surface area contributed by atoms with E-state index in [0.717, 1.165) is 31.5 Å². The second-order valence-electron chi connectivity index (χ2n) is 5.87. The predicted molar refractivity (Wildman–Crippen MR) is 78.0 cm³/mol. The molecule has 0 spiro atoms. The van der Waals surface area contributed by atoms with Gasteiger partial charge in [0.25, 0.3) is 0 Å². The van der Waals surface area contributed by atoms with Crippen LogP contribution in [-0.4, -0.2) is 35.4 Å². The van der Waals surface area contributed by atoms with Gasteiger partial charge in [-0.2, -0.15) is 0 Å². The van der Waals surface area contributed by atoms with Crippen molar-refractivity contribution in [3.05, 3.63) is 29.8 Å². The van der Waals surface area contributed by atoms with Crippen molar-refractivity contribution in [2.45, 2.75) is 38.6 Å².